The molecule has 19 heavy (non-hydrogen) atoms. The fourth-order valence-electron chi connectivity index (χ4n) is 1.91. The van der Waals surface area contributed by atoms with E-state index in [1.165, 1.54) is 0 Å². The van der Waals surface area contributed by atoms with Gasteiger partial charge >= 0.3 is 0 Å². The van der Waals surface area contributed by atoms with Gasteiger partial charge in [0.1, 0.15) is 0 Å². The molecule has 0 aliphatic rings. The van der Waals surface area contributed by atoms with E-state index in [4.69, 9.17) is 0 Å². The Morgan fingerprint density at radius 1 is 1.42 bits per heavy atom. The third-order valence-electron chi connectivity index (χ3n) is 3.41. The highest BCUT2D eigenvalue weighted by Gasteiger charge is 2.14. The van der Waals surface area contributed by atoms with Crippen molar-refractivity contribution in [2.45, 2.75) is 40.3 Å². The van der Waals surface area contributed by atoms with Crippen molar-refractivity contribution in [3.63, 3.8) is 0 Å². The van der Waals surface area contributed by atoms with Crippen molar-refractivity contribution in [1.29, 1.82) is 0 Å². The first-order valence-corrected chi connectivity index (χ1v) is 7.01. The summed E-state index contributed by atoms with van der Waals surface area (Å²) in [5, 5.41) is 7.67. The lowest BCUT2D eigenvalue weighted by Crippen LogP contribution is -2.41. The molecule has 0 saturated carbocycles. The van der Waals surface area contributed by atoms with Crippen LogP contribution in [-0.2, 0) is 6.54 Å². The molecular weight excluding hydrogens is 240 g/mol. The smallest absolute Gasteiger partial charge is 0.268 e. The van der Waals surface area contributed by atoms with E-state index < -0.39 is 0 Å². The summed E-state index contributed by atoms with van der Waals surface area (Å²) < 4.78 is 1.54. The summed E-state index contributed by atoms with van der Waals surface area (Å²) in [6, 6.07) is 1.92. The van der Waals surface area contributed by atoms with E-state index >= 15 is 0 Å². The minimum absolute atomic E-state index is 0.0404. The molecule has 0 radical (unpaired) electrons. The van der Waals surface area contributed by atoms with E-state index in [0.717, 1.165) is 18.8 Å². The summed E-state index contributed by atoms with van der Waals surface area (Å²) in [6.45, 7) is 10.8. The molecule has 0 saturated heterocycles. The molecule has 0 bridgehead atoms. The Morgan fingerprint density at radius 2 is 2.11 bits per heavy atom. The van der Waals surface area contributed by atoms with E-state index in [9.17, 15) is 4.79 Å². The quantitative estimate of drug-likeness (QED) is 0.809. The maximum atomic E-state index is 12.1. The highest BCUT2D eigenvalue weighted by atomic mass is 16.1. The van der Waals surface area contributed by atoms with Gasteiger partial charge in [0.15, 0.2) is 0 Å². The number of nitrogens with one attached hydrogen (secondary N) is 1. The molecule has 0 amide bonds. The molecule has 1 N–H and O–H groups in total. The Kier molecular flexibility index (Phi) is 6.02. The predicted octanol–water partition coefficient (Wildman–Crippen LogP) is 1.33. The second-order valence-electron chi connectivity index (χ2n) is 5.16. The molecule has 108 valence electrons. The monoisotopic (exact) mass is 266 g/mol. The van der Waals surface area contributed by atoms with Gasteiger partial charge in [-0.3, -0.25) is 4.79 Å². The Bertz CT molecular complexity index is 441. The molecule has 0 aromatic carbocycles. The second-order valence-corrected chi connectivity index (χ2v) is 5.16. The first kappa shape index (κ1) is 15.7. The van der Waals surface area contributed by atoms with Crippen LogP contribution in [-0.4, -0.2) is 36.0 Å². The number of anilines is 1. The van der Waals surface area contributed by atoms with Crippen LogP contribution in [0.15, 0.2) is 17.1 Å². The fraction of sp³-hybridized carbons (Fsp3) is 0.714. The van der Waals surface area contributed by atoms with E-state index in [-0.39, 0.29) is 11.6 Å². The molecule has 0 aliphatic carbocycles. The van der Waals surface area contributed by atoms with Crippen LogP contribution in [0.25, 0.3) is 0 Å². The molecule has 0 fully saturated rings. The van der Waals surface area contributed by atoms with Crippen LogP contribution in [0.2, 0.25) is 0 Å². The molecule has 1 aromatic rings. The van der Waals surface area contributed by atoms with Crippen molar-refractivity contribution >= 4 is 5.69 Å². The number of hydrogen-bond acceptors (Lipinski definition) is 4. The Hall–Kier alpha value is -1.36. The topological polar surface area (TPSA) is 50.2 Å². The number of aromatic nitrogens is 2. The zero-order chi connectivity index (χ0) is 14.4. The lowest BCUT2D eigenvalue weighted by molar-refractivity contribution is 0.342. The summed E-state index contributed by atoms with van der Waals surface area (Å²) in [6.07, 6.45) is 1.76. The van der Waals surface area contributed by atoms with Crippen molar-refractivity contribution in [2.75, 3.05) is 25.0 Å². The van der Waals surface area contributed by atoms with Gasteiger partial charge in [0.25, 0.3) is 5.56 Å². The molecule has 1 atom stereocenters. The molecule has 0 aliphatic heterocycles. The van der Waals surface area contributed by atoms with Crippen molar-refractivity contribution in [2.24, 2.45) is 5.92 Å². The fourth-order valence-corrected chi connectivity index (χ4v) is 1.91. The normalized spacial score (nSPS) is 12.7. The van der Waals surface area contributed by atoms with Gasteiger partial charge in [0.05, 0.1) is 18.4 Å². The van der Waals surface area contributed by atoms with E-state index in [1.54, 1.807) is 16.9 Å². The number of hydrogen-bond donors (Lipinski definition) is 1. The minimum Gasteiger partial charge on any atom is -0.373 e. The zero-order valence-electron chi connectivity index (χ0n) is 12.7. The van der Waals surface area contributed by atoms with Crippen molar-refractivity contribution in [3.8, 4) is 0 Å². The minimum atomic E-state index is -0.0404. The summed E-state index contributed by atoms with van der Waals surface area (Å²) in [5.74, 6) is 0.464. The molecular formula is C14H26N4O. The number of likely N-dealkylation sites (N-methyl/N-ethyl adjacent to an activating group) is 1. The standard InChI is InChI=1S/C14H26N4O/c1-6-15-13(11(3)4)10-18-14(19)8-12(9-16-18)17(5)7-2/h8-9,11,13,15H,6-7,10H2,1-5H3. The van der Waals surface area contributed by atoms with E-state index in [2.05, 4.69) is 31.2 Å². The van der Waals surface area contributed by atoms with Crippen LogP contribution in [0, 0.1) is 5.92 Å². The first-order valence-electron chi connectivity index (χ1n) is 7.01. The Labute approximate surface area is 115 Å². The van der Waals surface area contributed by atoms with Crippen LogP contribution < -0.4 is 15.8 Å². The van der Waals surface area contributed by atoms with Crippen LogP contribution in [0.1, 0.15) is 27.7 Å². The van der Waals surface area contributed by atoms with Gasteiger partial charge in [0, 0.05) is 25.7 Å². The van der Waals surface area contributed by atoms with Crippen LogP contribution in [0.3, 0.4) is 0 Å². The van der Waals surface area contributed by atoms with Gasteiger partial charge in [-0.25, -0.2) is 4.68 Å². The second kappa shape index (κ2) is 7.28. The molecule has 0 spiro atoms. The average molecular weight is 266 g/mol. The van der Waals surface area contributed by atoms with Crippen LogP contribution in [0.5, 0.6) is 0 Å². The van der Waals surface area contributed by atoms with E-state index in [0.29, 0.717) is 12.5 Å². The maximum absolute atomic E-state index is 12.1. The largest absolute Gasteiger partial charge is 0.373 e. The zero-order valence-corrected chi connectivity index (χ0v) is 12.7. The van der Waals surface area contributed by atoms with Gasteiger partial charge in [-0.2, -0.15) is 5.10 Å². The number of rotatable bonds is 7. The van der Waals surface area contributed by atoms with Crippen LogP contribution >= 0.6 is 0 Å². The number of nitrogens with zero attached hydrogens (tertiary/aromatic N) is 3. The summed E-state index contributed by atoms with van der Waals surface area (Å²) >= 11 is 0. The molecule has 5 nitrogen and oxygen atoms in total. The van der Waals surface area contributed by atoms with Crippen molar-refractivity contribution < 1.29 is 0 Å². The molecule has 1 rings (SSSR count). The summed E-state index contributed by atoms with van der Waals surface area (Å²) in [5.41, 5.74) is 0.828. The third kappa shape index (κ3) is 4.35. The van der Waals surface area contributed by atoms with Crippen molar-refractivity contribution in [3.05, 3.63) is 22.6 Å². The van der Waals surface area contributed by atoms with Crippen molar-refractivity contribution in [1.82, 2.24) is 15.1 Å². The Balaban J connectivity index is 2.87. The van der Waals surface area contributed by atoms with E-state index in [1.807, 2.05) is 18.9 Å². The molecule has 5 heteroatoms. The highest BCUT2D eigenvalue weighted by Crippen LogP contribution is 2.07. The lowest BCUT2D eigenvalue weighted by Gasteiger charge is -2.22. The van der Waals surface area contributed by atoms with Gasteiger partial charge < -0.3 is 10.2 Å². The van der Waals surface area contributed by atoms with Gasteiger partial charge in [-0.15, -0.1) is 0 Å². The van der Waals surface area contributed by atoms with Crippen LogP contribution in [0.4, 0.5) is 5.69 Å². The molecule has 1 aromatic heterocycles. The predicted molar refractivity (Wildman–Crippen MR) is 79.7 cm³/mol. The molecule has 1 unspecified atom stereocenters. The van der Waals surface area contributed by atoms with Gasteiger partial charge in [-0.1, -0.05) is 20.8 Å². The maximum Gasteiger partial charge on any atom is 0.268 e. The van der Waals surface area contributed by atoms with Gasteiger partial charge in [-0.05, 0) is 19.4 Å². The molecule has 1 heterocycles. The SMILES string of the molecule is CCNC(Cn1ncc(N(C)CC)cc1=O)C(C)C. The summed E-state index contributed by atoms with van der Waals surface area (Å²) in [4.78, 5) is 14.1. The van der Waals surface area contributed by atoms with Gasteiger partial charge in [0.2, 0.25) is 0 Å². The lowest BCUT2D eigenvalue weighted by atomic mass is 10.0. The highest BCUT2D eigenvalue weighted by molar-refractivity contribution is 5.41. The summed E-state index contributed by atoms with van der Waals surface area (Å²) in [7, 11) is 1.95. The third-order valence-corrected chi connectivity index (χ3v) is 3.41. The first-order chi connectivity index (χ1) is 8.99. The Morgan fingerprint density at radius 3 is 2.58 bits per heavy atom. The average Bonchev–Trinajstić information content (AvgIpc) is 2.39.